The number of carbonyl (C=O) groups excluding carboxylic acids is 4. The number of carbonyl (C=O) groups is 4. The number of likely N-dealkylation sites (tertiary alicyclic amines) is 1. The van der Waals surface area contributed by atoms with Gasteiger partial charge in [0.25, 0.3) is 0 Å². The molecule has 0 aliphatic carbocycles. The summed E-state index contributed by atoms with van der Waals surface area (Å²) >= 11 is 0. The van der Waals surface area contributed by atoms with Gasteiger partial charge in [-0.25, -0.2) is 9.78 Å². The number of amides is 4. The Kier molecular flexibility index (Phi) is 9.94. The van der Waals surface area contributed by atoms with Crippen LogP contribution in [0.15, 0.2) is 42.9 Å². The van der Waals surface area contributed by atoms with E-state index in [0.717, 1.165) is 31.5 Å². The summed E-state index contributed by atoms with van der Waals surface area (Å²) in [5, 5.41) is 8.07. The number of ether oxygens (including phenoxy) is 1. The molecule has 1 fully saturated rings. The molecule has 11 heteroatoms. The van der Waals surface area contributed by atoms with Crippen LogP contribution in [0.1, 0.15) is 78.8 Å². The predicted molar refractivity (Wildman–Crippen MR) is 152 cm³/mol. The average Bonchev–Trinajstić information content (AvgIpc) is 3.56. The molecule has 1 aliphatic rings. The fraction of sp³-hybridized carbons (Fsp3) is 0.552. The van der Waals surface area contributed by atoms with Crippen molar-refractivity contribution in [2.75, 3.05) is 18.4 Å². The Morgan fingerprint density at radius 1 is 1.02 bits per heavy atom. The van der Waals surface area contributed by atoms with Gasteiger partial charge in [-0.15, -0.1) is 0 Å². The van der Waals surface area contributed by atoms with Crippen molar-refractivity contribution in [3.63, 3.8) is 0 Å². The predicted octanol–water partition coefficient (Wildman–Crippen LogP) is 3.62. The van der Waals surface area contributed by atoms with Crippen molar-refractivity contribution < 1.29 is 23.9 Å². The van der Waals surface area contributed by atoms with E-state index in [1.165, 1.54) is 20.2 Å². The molecule has 2 aromatic rings. The van der Waals surface area contributed by atoms with E-state index in [1.807, 2.05) is 42.2 Å². The summed E-state index contributed by atoms with van der Waals surface area (Å²) < 4.78 is 6.96. The minimum Gasteiger partial charge on any atom is -0.444 e. The van der Waals surface area contributed by atoms with Crippen LogP contribution in [0.2, 0.25) is 0 Å². The maximum absolute atomic E-state index is 13.4. The number of benzene rings is 1. The monoisotopic (exact) mass is 554 g/mol. The number of aromatic nitrogens is 2. The second-order valence-electron chi connectivity index (χ2n) is 11.6. The number of hydrogen-bond acceptors (Lipinski definition) is 6. The lowest BCUT2D eigenvalue weighted by atomic mass is 10.0. The highest BCUT2D eigenvalue weighted by Crippen LogP contribution is 2.24. The maximum atomic E-state index is 13.4. The van der Waals surface area contributed by atoms with Crippen molar-refractivity contribution in [1.82, 2.24) is 25.1 Å². The average molecular weight is 555 g/mol. The lowest BCUT2D eigenvalue weighted by molar-refractivity contribution is -0.132. The zero-order valence-electron chi connectivity index (χ0n) is 24.3. The summed E-state index contributed by atoms with van der Waals surface area (Å²) in [6.07, 6.45) is 5.39. The first kappa shape index (κ1) is 30.6. The van der Waals surface area contributed by atoms with Gasteiger partial charge in [-0.3, -0.25) is 14.4 Å². The highest BCUT2D eigenvalue weighted by Gasteiger charge is 2.34. The third kappa shape index (κ3) is 8.30. The van der Waals surface area contributed by atoms with Crippen molar-refractivity contribution in [3.05, 3.63) is 48.4 Å². The first-order chi connectivity index (χ1) is 18.8. The highest BCUT2D eigenvalue weighted by molar-refractivity contribution is 5.98. The molecule has 4 amide bonds. The third-order valence-corrected chi connectivity index (χ3v) is 6.50. The minimum atomic E-state index is -1.32. The van der Waals surface area contributed by atoms with Gasteiger partial charge in [0.1, 0.15) is 23.2 Å². The van der Waals surface area contributed by atoms with Crippen molar-refractivity contribution >= 4 is 29.6 Å². The second kappa shape index (κ2) is 13.0. The van der Waals surface area contributed by atoms with Crippen molar-refractivity contribution in [2.24, 2.45) is 0 Å². The largest absolute Gasteiger partial charge is 0.444 e. The lowest BCUT2D eigenvalue weighted by Crippen LogP contribution is -2.58. The summed E-state index contributed by atoms with van der Waals surface area (Å²) in [5.74, 6) is -0.732. The van der Waals surface area contributed by atoms with Gasteiger partial charge in [-0.1, -0.05) is 43.7 Å². The summed E-state index contributed by atoms with van der Waals surface area (Å²) in [6.45, 7) is 11.6. The molecule has 218 valence electrons. The number of nitrogens with one attached hydrogen (secondary N) is 3. The van der Waals surface area contributed by atoms with E-state index in [4.69, 9.17) is 4.74 Å². The molecule has 3 N–H and O–H groups in total. The van der Waals surface area contributed by atoms with Crippen LogP contribution >= 0.6 is 0 Å². The van der Waals surface area contributed by atoms with E-state index in [-0.39, 0.29) is 11.7 Å². The molecule has 2 heterocycles. The van der Waals surface area contributed by atoms with Crippen LogP contribution in [0.25, 0.3) is 0 Å². The minimum absolute atomic E-state index is 0.0187. The molecule has 1 aromatic heterocycles. The fourth-order valence-electron chi connectivity index (χ4n) is 4.46. The van der Waals surface area contributed by atoms with E-state index < -0.39 is 41.1 Å². The highest BCUT2D eigenvalue weighted by atomic mass is 16.6. The molecule has 2 atom stereocenters. The molecule has 0 spiro atoms. The number of rotatable bonds is 10. The van der Waals surface area contributed by atoms with Gasteiger partial charge in [0.15, 0.2) is 5.82 Å². The van der Waals surface area contributed by atoms with E-state index in [1.54, 1.807) is 31.5 Å². The Morgan fingerprint density at radius 3 is 2.27 bits per heavy atom. The first-order valence-corrected chi connectivity index (χ1v) is 13.8. The summed E-state index contributed by atoms with van der Waals surface area (Å²) in [7, 11) is 0. The van der Waals surface area contributed by atoms with Gasteiger partial charge in [0, 0.05) is 19.3 Å². The van der Waals surface area contributed by atoms with Crippen LogP contribution in [0.4, 0.5) is 10.6 Å². The van der Waals surface area contributed by atoms with Crippen molar-refractivity contribution in [3.8, 4) is 0 Å². The molecule has 2 unspecified atom stereocenters. The van der Waals surface area contributed by atoms with Crippen molar-refractivity contribution in [1.29, 1.82) is 0 Å². The molecular weight excluding hydrogens is 512 g/mol. The Balaban J connectivity index is 1.72. The molecule has 11 nitrogen and oxygen atoms in total. The molecule has 1 saturated heterocycles. The van der Waals surface area contributed by atoms with Gasteiger partial charge >= 0.3 is 6.09 Å². The molecule has 3 rings (SSSR count). The summed E-state index contributed by atoms with van der Waals surface area (Å²) in [4.78, 5) is 58.1. The van der Waals surface area contributed by atoms with E-state index in [2.05, 4.69) is 20.9 Å². The van der Waals surface area contributed by atoms with Gasteiger partial charge < -0.3 is 30.2 Å². The zero-order valence-corrected chi connectivity index (χ0v) is 24.3. The van der Waals surface area contributed by atoms with Crippen LogP contribution in [-0.4, -0.2) is 68.5 Å². The molecule has 1 aromatic carbocycles. The fourth-order valence-corrected chi connectivity index (χ4v) is 4.46. The smallest absolute Gasteiger partial charge is 0.408 e. The van der Waals surface area contributed by atoms with Crippen molar-refractivity contribution in [2.45, 2.75) is 90.4 Å². The van der Waals surface area contributed by atoms with E-state index in [9.17, 15) is 19.2 Å². The summed E-state index contributed by atoms with van der Waals surface area (Å²) in [5.41, 5.74) is -1.22. The number of hydrogen-bond donors (Lipinski definition) is 3. The number of anilines is 1. The van der Waals surface area contributed by atoms with Crippen LogP contribution in [0.3, 0.4) is 0 Å². The Bertz CT molecular complexity index is 1180. The normalized spacial score (nSPS) is 15.2. The quantitative estimate of drug-likeness (QED) is 0.411. The van der Waals surface area contributed by atoms with Crippen LogP contribution in [0.5, 0.6) is 0 Å². The SMILES string of the molecule is CCCC(NC(=O)C(C)(C)NC(=O)OC(C)(C)C)C(=O)Nc1cn(C(C(=O)N2CCCC2)c2ccccc2)cn1. The Labute approximate surface area is 236 Å². The zero-order chi connectivity index (χ0) is 29.5. The van der Waals surface area contributed by atoms with Crippen LogP contribution in [0, 0.1) is 0 Å². The molecular formula is C29H42N6O5. The number of alkyl carbamates (subject to hydrolysis) is 1. The number of imidazole rings is 1. The van der Waals surface area contributed by atoms with Gasteiger partial charge in [0.2, 0.25) is 17.7 Å². The molecule has 0 radical (unpaired) electrons. The first-order valence-electron chi connectivity index (χ1n) is 13.8. The molecule has 1 aliphatic heterocycles. The third-order valence-electron chi connectivity index (χ3n) is 6.50. The lowest BCUT2D eigenvalue weighted by Gasteiger charge is -2.29. The Hall–Kier alpha value is -3.89. The van der Waals surface area contributed by atoms with Crippen LogP contribution in [-0.2, 0) is 19.1 Å². The Morgan fingerprint density at radius 2 is 1.68 bits per heavy atom. The second-order valence-corrected chi connectivity index (χ2v) is 11.6. The maximum Gasteiger partial charge on any atom is 0.408 e. The summed E-state index contributed by atoms with van der Waals surface area (Å²) in [6, 6.07) is 8.00. The van der Waals surface area contributed by atoms with E-state index in [0.29, 0.717) is 12.8 Å². The van der Waals surface area contributed by atoms with E-state index >= 15 is 0 Å². The van der Waals surface area contributed by atoms with Gasteiger partial charge in [-0.2, -0.15) is 0 Å². The molecule has 0 saturated carbocycles. The molecule has 0 bridgehead atoms. The topological polar surface area (TPSA) is 135 Å². The number of nitrogens with zero attached hydrogens (tertiary/aromatic N) is 3. The molecule has 40 heavy (non-hydrogen) atoms. The van der Waals surface area contributed by atoms with Gasteiger partial charge in [0.05, 0.1) is 6.33 Å². The standard InChI is InChI=1S/C29H42N6O5/c1-7-13-21(31-26(38)29(5,6)33-27(39)40-28(2,3)4)24(36)32-22-18-35(19-30-22)23(20-14-9-8-10-15-20)25(37)34-16-11-12-17-34/h8-10,14-15,18-19,21,23H,7,11-13,16-17H2,1-6H3,(H,31,38)(H,32,36)(H,33,39). The van der Waals surface area contributed by atoms with Crippen LogP contribution < -0.4 is 16.0 Å². The van der Waals surface area contributed by atoms with Gasteiger partial charge in [-0.05, 0) is 59.4 Å².